The lowest BCUT2D eigenvalue weighted by atomic mass is 10.3. The van der Waals surface area contributed by atoms with Crippen LogP contribution in [0.2, 0.25) is 0 Å². The van der Waals surface area contributed by atoms with Crippen molar-refractivity contribution in [3.05, 3.63) is 29.3 Å². The van der Waals surface area contributed by atoms with E-state index in [-0.39, 0.29) is 0 Å². The number of aromatic nitrogens is 4. The van der Waals surface area contributed by atoms with Gasteiger partial charge in [-0.3, -0.25) is 4.90 Å². The molecule has 1 aliphatic rings. The summed E-state index contributed by atoms with van der Waals surface area (Å²) >= 11 is 0. The van der Waals surface area contributed by atoms with E-state index < -0.39 is 0 Å². The van der Waals surface area contributed by atoms with Crippen LogP contribution < -0.4 is 4.90 Å². The molecule has 3 rings (SSSR count). The first kappa shape index (κ1) is 16.8. The zero-order chi connectivity index (χ0) is 16.9. The fraction of sp³-hybridized carbons (Fsp3) is 0.647. The van der Waals surface area contributed by atoms with E-state index in [1.807, 2.05) is 6.92 Å². The maximum atomic E-state index is 5.06. The Balaban J connectivity index is 1.66. The summed E-state index contributed by atoms with van der Waals surface area (Å²) in [7, 11) is 0. The van der Waals surface area contributed by atoms with Crippen LogP contribution in [0.25, 0.3) is 0 Å². The SMILES string of the molecule is CCc1cc(N2CCCN(Cc3noc(C)n3)CC2)nc(CC)n1. The summed E-state index contributed by atoms with van der Waals surface area (Å²) in [6, 6.07) is 2.14. The van der Waals surface area contributed by atoms with Gasteiger partial charge in [-0.05, 0) is 12.8 Å². The molecule has 0 bridgehead atoms. The Hall–Kier alpha value is -2.02. The van der Waals surface area contributed by atoms with E-state index in [1.54, 1.807) is 0 Å². The minimum Gasteiger partial charge on any atom is -0.355 e. The number of anilines is 1. The Labute approximate surface area is 143 Å². The standard InChI is InChI=1S/C17H26N6O/c1-4-14-11-17(20-15(5-2)19-14)23-8-6-7-22(9-10-23)12-16-18-13(3)24-21-16/h11H,4-10,12H2,1-3H3. The Morgan fingerprint density at radius 3 is 2.58 bits per heavy atom. The van der Waals surface area contributed by atoms with Crippen molar-refractivity contribution in [1.82, 2.24) is 25.0 Å². The molecule has 0 unspecified atom stereocenters. The molecule has 1 aliphatic heterocycles. The highest BCUT2D eigenvalue weighted by molar-refractivity contribution is 5.40. The molecule has 0 amide bonds. The molecule has 0 saturated carbocycles. The van der Waals surface area contributed by atoms with E-state index in [0.29, 0.717) is 5.89 Å². The first-order valence-electron chi connectivity index (χ1n) is 8.81. The second kappa shape index (κ2) is 7.70. The molecule has 0 N–H and O–H groups in total. The molecule has 1 saturated heterocycles. The van der Waals surface area contributed by atoms with Crippen molar-refractivity contribution < 1.29 is 4.52 Å². The van der Waals surface area contributed by atoms with Crippen LogP contribution in [0.1, 0.15) is 43.5 Å². The van der Waals surface area contributed by atoms with Gasteiger partial charge in [-0.15, -0.1) is 0 Å². The number of rotatable bonds is 5. The van der Waals surface area contributed by atoms with Gasteiger partial charge in [0.15, 0.2) is 5.82 Å². The second-order valence-electron chi connectivity index (χ2n) is 6.19. The van der Waals surface area contributed by atoms with Gasteiger partial charge in [0.05, 0.1) is 6.54 Å². The molecule has 0 spiro atoms. The summed E-state index contributed by atoms with van der Waals surface area (Å²) in [6.07, 6.45) is 2.92. The van der Waals surface area contributed by atoms with Crippen LogP contribution in [-0.2, 0) is 19.4 Å². The van der Waals surface area contributed by atoms with Crippen LogP contribution in [0.4, 0.5) is 5.82 Å². The van der Waals surface area contributed by atoms with Gasteiger partial charge in [0.25, 0.3) is 0 Å². The van der Waals surface area contributed by atoms with Gasteiger partial charge >= 0.3 is 0 Å². The third-order valence-electron chi connectivity index (χ3n) is 4.34. The molecule has 0 aromatic carbocycles. The molecule has 0 aliphatic carbocycles. The zero-order valence-electron chi connectivity index (χ0n) is 14.8. The summed E-state index contributed by atoms with van der Waals surface area (Å²) < 4.78 is 5.06. The molecule has 3 heterocycles. The van der Waals surface area contributed by atoms with Gasteiger partial charge < -0.3 is 9.42 Å². The Bertz CT molecular complexity index is 649. The fourth-order valence-electron chi connectivity index (χ4n) is 3.00. The lowest BCUT2D eigenvalue weighted by Crippen LogP contribution is -2.31. The van der Waals surface area contributed by atoms with Gasteiger partial charge in [-0.1, -0.05) is 19.0 Å². The van der Waals surface area contributed by atoms with Crippen molar-refractivity contribution in [1.29, 1.82) is 0 Å². The van der Waals surface area contributed by atoms with Gasteiger partial charge in [0.1, 0.15) is 11.6 Å². The topological polar surface area (TPSA) is 71.2 Å². The Morgan fingerprint density at radius 2 is 1.88 bits per heavy atom. The van der Waals surface area contributed by atoms with E-state index in [1.165, 1.54) is 0 Å². The quantitative estimate of drug-likeness (QED) is 0.830. The van der Waals surface area contributed by atoms with Crippen molar-refractivity contribution in [3.8, 4) is 0 Å². The minimum absolute atomic E-state index is 0.627. The molecule has 2 aromatic rings. The molecule has 2 aromatic heterocycles. The van der Waals surface area contributed by atoms with Crippen LogP contribution in [0, 0.1) is 6.92 Å². The van der Waals surface area contributed by atoms with Crippen molar-refractivity contribution in [2.45, 2.75) is 46.6 Å². The molecule has 0 atom stereocenters. The summed E-state index contributed by atoms with van der Waals surface area (Å²) in [5.41, 5.74) is 1.13. The molecule has 130 valence electrons. The first-order chi connectivity index (χ1) is 11.7. The summed E-state index contributed by atoms with van der Waals surface area (Å²) in [6.45, 7) is 10.8. The van der Waals surface area contributed by atoms with E-state index in [4.69, 9.17) is 9.51 Å². The molecular weight excluding hydrogens is 304 g/mol. The normalized spacial score (nSPS) is 16.4. The number of hydrogen-bond acceptors (Lipinski definition) is 7. The van der Waals surface area contributed by atoms with Crippen LogP contribution in [0.15, 0.2) is 10.6 Å². The summed E-state index contributed by atoms with van der Waals surface area (Å²) in [4.78, 5) is 18.4. The van der Waals surface area contributed by atoms with Gasteiger partial charge in [0.2, 0.25) is 5.89 Å². The van der Waals surface area contributed by atoms with Crippen LogP contribution in [0.3, 0.4) is 0 Å². The van der Waals surface area contributed by atoms with Crippen LogP contribution in [0.5, 0.6) is 0 Å². The molecule has 7 nitrogen and oxygen atoms in total. The van der Waals surface area contributed by atoms with Gasteiger partial charge in [0, 0.05) is 51.3 Å². The van der Waals surface area contributed by atoms with Crippen molar-refractivity contribution in [2.75, 3.05) is 31.1 Å². The van der Waals surface area contributed by atoms with Gasteiger partial charge in [-0.2, -0.15) is 4.98 Å². The monoisotopic (exact) mass is 330 g/mol. The summed E-state index contributed by atoms with van der Waals surface area (Å²) in [5, 5.41) is 4.00. The number of hydrogen-bond donors (Lipinski definition) is 0. The number of nitrogens with zero attached hydrogens (tertiary/aromatic N) is 6. The van der Waals surface area contributed by atoms with E-state index in [9.17, 15) is 0 Å². The van der Waals surface area contributed by atoms with Crippen molar-refractivity contribution in [2.24, 2.45) is 0 Å². The number of aryl methyl sites for hydroxylation is 3. The third-order valence-corrected chi connectivity index (χ3v) is 4.34. The highest BCUT2D eigenvalue weighted by Gasteiger charge is 2.18. The molecule has 1 fully saturated rings. The van der Waals surface area contributed by atoms with E-state index in [0.717, 1.165) is 75.1 Å². The zero-order valence-corrected chi connectivity index (χ0v) is 14.8. The molecule has 7 heteroatoms. The maximum Gasteiger partial charge on any atom is 0.223 e. The lowest BCUT2D eigenvalue weighted by Gasteiger charge is -2.23. The highest BCUT2D eigenvalue weighted by Crippen LogP contribution is 2.17. The fourth-order valence-corrected chi connectivity index (χ4v) is 3.00. The highest BCUT2D eigenvalue weighted by atomic mass is 16.5. The van der Waals surface area contributed by atoms with E-state index >= 15 is 0 Å². The molecular formula is C17H26N6O. The maximum absolute atomic E-state index is 5.06. The summed E-state index contributed by atoms with van der Waals surface area (Å²) in [5.74, 6) is 3.40. The smallest absolute Gasteiger partial charge is 0.223 e. The Morgan fingerprint density at radius 1 is 1.00 bits per heavy atom. The van der Waals surface area contributed by atoms with Crippen molar-refractivity contribution in [3.63, 3.8) is 0 Å². The average Bonchev–Trinajstić information content (AvgIpc) is 2.87. The third kappa shape index (κ3) is 4.08. The second-order valence-corrected chi connectivity index (χ2v) is 6.19. The first-order valence-corrected chi connectivity index (χ1v) is 8.81. The minimum atomic E-state index is 0.627. The average molecular weight is 330 g/mol. The lowest BCUT2D eigenvalue weighted by molar-refractivity contribution is 0.272. The van der Waals surface area contributed by atoms with Crippen LogP contribution in [-0.4, -0.2) is 51.2 Å². The predicted octanol–water partition coefficient (Wildman–Crippen LogP) is 2.01. The van der Waals surface area contributed by atoms with Crippen LogP contribution >= 0.6 is 0 Å². The van der Waals surface area contributed by atoms with E-state index in [2.05, 4.69) is 44.8 Å². The predicted molar refractivity (Wildman–Crippen MR) is 91.9 cm³/mol. The largest absolute Gasteiger partial charge is 0.355 e. The van der Waals surface area contributed by atoms with Gasteiger partial charge in [-0.25, -0.2) is 9.97 Å². The molecule has 0 radical (unpaired) electrons. The van der Waals surface area contributed by atoms with Crippen molar-refractivity contribution >= 4 is 5.82 Å². The molecule has 24 heavy (non-hydrogen) atoms. The Kier molecular flexibility index (Phi) is 5.40.